The molecule has 0 bridgehead atoms. The van der Waals surface area contributed by atoms with Crippen LogP contribution in [0, 0.1) is 0 Å². The Morgan fingerprint density at radius 3 is 2.66 bits per heavy atom. The topological polar surface area (TPSA) is 127 Å². The zero-order valence-corrected chi connectivity index (χ0v) is 19.6. The SMILES string of the molecule is O=C(O/C=C1/CN(c2ccc3cc(-c4ccccc4C(F)(F)F)[nH]c(=O)c3c2)C(=O)O1)OCCOCCO. The van der Waals surface area contributed by atoms with Gasteiger partial charge in [0.25, 0.3) is 5.56 Å². The molecule has 0 unspecified atom stereocenters. The molecule has 200 valence electrons. The standard InChI is InChI=1S/C25H21F3N2O8/c26-25(27,28)20-4-2-1-3-18(20)21-11-15-5-6-16(12-19(15)22(32)29-21)30-13-17(38-23(30)33)14-37-24(34)36-10-9-35-8-7-31/h1-6,11-12,14,31H,7-10,13H2,(H,29,32)/b17-14-. The number of carbonyl (C=O) groups excluding carboxylic acids is 2. The molecule has 1 aromatic heterocycles. The molecule has 2 N–H and O–H groups in total. The largest absolute Gasteiger partial charge is 0.513 e. The summed E-state index contributed by atoms with van der Waals surface area (Å²) in [4.78, 5) is 40.4. The van der Waals surface area contributed by atoms with Gasteiger partial charge in [0, 0.05) is 22.3 Å². The molecule has 1 aliphatic rings. The van der Waals surface area contributed by atoms with E-state index in [4.69, 9.17) is 24.1 Å². The maximum atomic E-state index is 13.4. The van der Waals surface area contributed by atoms with E-state index in [0.717, 1.165) is 12.3 Å². The normalized spacial score (nSPS) is 14.7. The molecule has 0 radical (unpaired) electrons. The Labute approximate surface area is 212 Å². The Kier molecular flexibility index (Phi) is 7.98. The van der Waals surface area contributed by atoms with Crippen LogP contribution >= 0.6 is 0 Å². The fraction of sp³-hybridized carbons (Fsp3) is 0.240. The molecule has 1 saturated heterocycles. The van der Waals surface area contributed by atoms with Gasteiger partial charge in [-0.3, -0.25) is 9.69 Å². The van der Waals surface area contributed by atoms with Gasteiger partial charge in [0.1, 0.15) is 12.9 Å². The monoisotopic (exact) mass is 534 g/mol. The molecule has 3 aromatic rings. The fourth-order valence-corrected chi connectivity index (χ4v) is 3.70. The minimum atomic E-state index is -4.61. The quantitative estimate of drug-likeness (QED) is 0.250. The first kappa shape index (κ1) is 26.7. The molecule has 4 rings (SSSR count). The number of aliphatic hydroxyl groups is 1. The first-order valence-corrected chi connectivity index (χ1v) is 11.2. The lowest BCUT2D eigenvalue weighted by atomic mass is 10.0. The van der Waals surface area contributed by atoms with E-state index < -0.39 is 29.5 Å². The number of fused-ring (bicyclic) bond motifs is 1. The van der Waals surface area contributed by atoms with Crippen LogP contribution in [-0.4, -0.2) is 55.3 Å². The number of ether oxygens (including phenoxy) is 4. The number of alkyl halides is 3. The number of pyridine rings is 1. The van der Waals surface area contributed by atoms with Crippen molar-refractivity contribution in [2.45, 2.75) is 6.18 Å². The highest BCUT2D eigenvalue weighted by molar-refractivity contribution is 5.95. The predicted molar refractivity (Wildman–Crippen MR) is 127 cm³/mol. The van der Waals surface area contributed by atoms with Crippen molar-refractivity contribution in [1.29, 1.82) is 0 Å². The molecule has 0 aliphatic carbocycles. The van der Waals surface area contributed by atoms with E-state index in [2.05, 4.69) is 4.98 Å². The van der Waals surface area contributed by atoms with Crippen molar-refractivity contribution in [3.05, 3.63) is 76.5 Å². The smallest absolute Gasteiger partial charge is 0.432 e. The van der Waals surface area contributed by atoms with Crippen molar-refractivity contribution in [2.24, 2.45) is 0 Å². The third kappa shape index (κ3) is 6.12. The number of anilines is 1. The van der Waals surface area contributed by atoms with Crippen LogP contribution in [0.4, 0.5) is 28.4 Å². The second-order valence-electron chi connectivity index (χ2n) is 7.92. The van der Waals surface area contributed by atoms with Crippen molar-refractivity contribution in [1.82, 2.24) is 4.98 Å². The van der Waals surface area contributed by atoms with E-state index in [1.807, 2.05) is 0 Å². The molecule has 1 fully saturated rings. The molecule has 0 atom stereocenters. The van der Waals surface area contributed by atoms with E-state index in [0.29, 0.717) is 5.39 Å². The summed E-state index contributed by atoms with van der Waals surface area (Å²) in [5.41, 5.74) is -1.42. The molecule has 0 saturated carbocycles. The van der Waals surface area contributed by atoms with Crippen molar-refractivity contribution in [3.8, 4) is 11.3 Å². The van der Waals surface area contributed by atoms with Gasteiger partial charge < -0.3 is 29.0 Å². The first-order valence-electron chi connectivity index (χ1n) is 11.2. The Bertz CT molecular complexity index is 1430. The molecule has 1 aliphatic heterocycles. The van der Waals surface area contributed by atoms with Crippen molar-refractivity contribution in [2.75, 3.05) is 37.9 Å². The molecule has 2 aromatic carbocycles. The number of hydrogen-bond acceptors (Lipinski definition) is 8. The molecule has 2 heterocycles. The van der Waals surface area contributed by atoms with E-state index in [1.54, 1.807) is 0 Å². The van der Waals surface area contributed by atoms with Crippen LogP contribution in [0.2, 0.25) is 0 Å². The van der Waals surface area contributed by atoms with Gasteiger partial charge in [-0.1, -0.05) is 24.3 Å². The zero-order valence-electron chi connectivity index (χ0n) is 19.6. The Morgan fingerprint density at radius 2 is 1.89 bits per heavy atom. The number of aromatic amines is 1. The van der Waals surface area contributed by atoms with E-state index in [-0.39, 0.29) is 61.1 Å². The van der Waals surface area contributed by atoms with Gasteiger partial charge in [0.05, 0.1) is 31.9 Å². The minimum Gasteiger partial charge on any atom is -0.432 e. The number of nitrogens with zero attached hydrogens (tertiary/aromatic N) is 1. The molecule has 38 heavy (non-hydrogen) atoms. The summed E-state index contributed by atoms with van der Waals surface area (Å²) < 4.78 is 59.9. The van der Waals surface area contributed by atoms with Crippen molar-refractivity contribution in [3.63, 3.8) is 0 Å². The molecular formula is C25H21F3N2O8. The lowest BCUT2D eigenvalue weighted by Crippen LogP contribution is -2.23. The van der Waals surface area contributed by atoms with Crippen LogP contribution in [0.1, 0.15) is 5.56 Å². The maximum absolute atomic E-state index is 13.4. The summed E-state index contributed by atoms with van der Waals surface area (Å²) in [7, 11) is 0. The van der Waals surface area contributed by atoms with Gasteiger partial charge in [-0.05, 0) is 29.7 Å². The lowest BCUT2D eigenvalue weighted by Gasteiger charge is -2.15. The number of amides is 1. The first-order chi connectivity index (χ1) is 18.2. The average molecular weight is 534 g/mol. The summed E-state index contributed by atoms with van der Waals surface area (Å²) in [5.74, 6) is -0.00316. The summed E-state index contributed by atoms with van der Waals surface area (Å²) in [5, 5.41) is 9.10. The highest BCUT2D eigenvalue weighted by Crippen LogP contribution is 2.36. The highest BCUT2D eigenvalue weighted by atomic mass is 19.4. The van der Waals surface area contributed by atoms with Gasteiger partial charge >= 0.3 is 18.4 Å². The number of H-pyrrole nitrogens is 1. The number of rotatable bonds is 8. The van der Waals surface area contributed by atoms with E-state index in [1.165, 1.54) is 47.4 Å². The predicted octanol–water partition coefficient (Wildman–Crippen LogP) is 4.17. The van der Waals surface area contributed by atoms with E-state index in [9.17, 15) is 27.6 Å². The van der Waals surface area contributed by atoms with Crippen molar-refractivity contribution < 1.29 is 46.8 Å². The van der Waals surface area contributed by atoms with Gasteiger partial charge in [-0.2, -0.15) is 13.2 Å². The zero-order chi connectivity index (χ0) is 27.3. The van der Waals surface area contributed by atoms with Crippen LogP contribution in [-0.2, 0) is 25.1 Å². The summed E-state index contributed by atoms with van der Waals surface area (Å²) in [6, 6.07) is 10.7. The second-order valence-corrected chi connectivity index (χ2v) is 7.92. The minimum absolute atomic E-state index is 0.00188. The molecular weight excluding hydrogens is 513 g/mol. The van der Waals surface area contributed by atoms with E-state index >= 15 is 0 Å². The maximum Gasteiger partial charge on any atom is 0.513 e. The molecule has 10 nitrogen and oxygen atoms in total. The second kappa shape index (κ2) is 11.4. The van der Waals surface area contributed by atoms with Crippen LogP contribution < -0.4 is 10.5 Å². The summed E-state index contributed by atoms with van der Waals surface area (Å²) in [6.07, 6.45) is -5.55. The third-order valence-electron chi connectivity index (χ3n) is 5.39. The average Bonchev–Trinajstić information content (AvgIpc) is 3.27. The van der Waals surface area contributed by atoms with Gasteiger partial charge in [-0.15, -0.1) is 0 Å². The van der Waals surface area contributed by atoms with Crippen molar-refractivity contribution >= 4 is 28.7 Å². The number of halogens is 3. The Balaban J connectivity index is 1.49. The van der Waals surface area contributed by atoms with Gasteiger partial charge in [0.15, 0.2) is 5.76 Å². The highest BCUT2D eigenvalue weighted by Gasteiger charge is 2.34. The van der Waals surface area contributed by atoms with Gasteiger partial charge in [0.2, 0.25) is 0 Å². The Morgan fingerprint density at radius 1 is 1.11 bits per heavy atom. The lowest BCUT2D eigenvalue weighted by molar-refractivity contribution is -0.137. The molecule has 1 amide bonds. The number of aromatic nitrogens is 1. The molecule has 13 heteroatoms. The Hall–Kier alpha value is -4.36. The molecule has 0 spiro atoms. The number of nitrogens with one attached hydrogen (secondary N) is 1. The number of cyclic esters (lactones) is 1. The number of hydrogen-bond donors (Lipinski definition) is 2. The number of benzene rings is 2. The van der Waals surface area contributed by atoms with Crippen LogP contribution in [0.5, 0.6) is 0 Å². The van der Waals surface area contributed by atoms with Gasteiger partial charge in [-0.25, -0.2) is 9.59 Å². The number of carbonyl (C=O) groups is 2. The van der Waals surface area contributed by atoms with Crippen LogP contribution in [0.3, 0.4) is 0 Å². The number of aliphatic hydroxyl groups excluding tert-OH is 1. The van der Waals surface area contributed by atoms with Crippen LogP contribution in [0.25, 0.3) is 22.0 Å². The summed E-state index contributed by atoms with van der Waals surface area (Å²) in [6.45, 7) is -0.231. The summed E-state index contributed by atoms with van der Waals surface area (Å²) >= 11 is 0. The fourth-order valence-electron chi connectivity index (χ4n) is 3.70. The van der Waals surface area contributed by atoms with Crippen LogP contribution in [0.15, 0.2) is 65.3 Å². The third-order valence-corrected chi connectivity index (χ3v) is 5.39.